The minimum absolute atomic E-state index is 0.0690. The molecule has 4 atom stereocenters. The molecule has 2 N–H and O–H groups in total. The highest BCUT2D eigenvalue weighted by molar-refractivity contribution is 4.84. The van der Waals surface area contributed by atoms with Gasteiger partial charge in [-0.25, -0.2) is 0 Å². The van der Waals surface area contributed by atoms with Crippen LogP contribution in [0.2, 0.25) is 0 Å². The summed E-state index contributed by atoms with van der Waals surface area (Å²) < 4.78 is 14.7. The molecule has 1 unspecified atom stereocenters. The summed E-state index contributed by atoms with van der Waals surface area (Å²) >= 11 is 0. The Morgan fingerprint density at radius 2 is 1.75 bits per heavy atom. The number of hydrogen-bond acceptors (Lipinski definition) is 5. The molecule has 0 saturated carbocycles. The minimum atomic E-state index is -1.02. The van der Waals surface area contributed by atoms with Crippen LogP contribution >= 0.6 is 0 Å². The van der Waals surface area contributed by atoms with Crippen LogP contribution < -0.4 is 0 Å². The SMILES string of the molecule is CO[C@@H]1[C@H](O)COC(O)[C@H]1OC. The number of methoxy groups -OCH3 is 2. The monoisotopic (exact) mass is 178 g/mol. The van der Waals surface area contributed by atoms with Gasteiger partial charge in [-0.3, -0.25) is 0 Å². The van der Waals surface area contributed by atoms with Crippen molar-refractivity contribution in [3.8, 4) is 0 Å². The van der Waals surface area contributed by atoms with Gasteiger partial charge >= 0.3 is 0 Å². The molecule has 0 aromatic carbocycles. The predicted molar refractivity (Wildman–Crippen MR) is 39.6 cm³/mol. The van der Waals surface area contributed by atoms with Gasteiger partial charge in [-0.05, 0) is 0 Å². The first kappa shape index (κ1) is 9.88. The maximum atomic E-state index is 9.35. The summed E-state index contributed by atoms with van der Waals surface area (Å²) in [6.07, 6.45) is -2.93. The fourth-order valence-corrected chi connectivity index (χ4v) is 1.31. The molecule has 5 nitrogen and oxygen atoms in total. The van der Waals surface area contributed by atoms with E-state index in [1.165, 1.54) is 14.2 Å². The van der Waals surface area contributed by atoms with Gasteiger partial charge in [0.1, 0.15) is 18.3 Å². The highest BCUT2D eigenvalue weighted by Gasteiger charge is 2.39. The predicted octanol–water partition coefficient (Wildman–Crippen LogP) is -1.27. The topological polar surface area (TPSA) is 68.2 Å². The summed E-state index contributed by atoms with van der Waals surface area (Å²) in [4.78, 5) is 0. The quantitative estimate of drug-likeness (QED) is 0.551. The molecule has 0 aliphatic carbocycles. The average molecular weight is 178 g/mol. The van der Waals surface area contributed by atoms with E-state index < -0.39 is 24.6 Å². The van der Waals surface area contributed by atoms with Crippen molar-refractivity contribution in [2.24, 2.45) is 0 Å². The Labute approximate surface area is 70.9 Å². The van der Waals surface area contributed by atoms with Gasteiger partial charge in [0.25, 0.3) is 0 Å². The number of rotatable bonds is 2. The second-order valence-electron chi connectivity index (χ2n) is 2.69. The van der Waals surface area contributed by atoms with Crippen LogP contribution in [0.3, 0.4) is 0 Å². The lowest BCUT2D eigenvalue weighted by Crippen LogP contribution is -2.54. The van der Waals surface area contributed by atoms with E-state index in [-0.39, 0.29) is 6.61 Å². The van der Waals surface area contributed by atoms with Crippen LogP contribution in [0, 0.1) is 0 Å². The van der Waals surface area contributed by atoms with E-state index in [1.54, 1.807) is 0 Å². The van der Waals surface area contributed by atoms with Crippen molar-refractivity contribution in [3.05, 3.63) is 0 Å². The summed E-state index contributed by atoms with van der Waals surface area (Å²) in [5, 5.41) is 18.6. The fraction of sp³-hybridized carbons (Fsp3) is 1.00. The molecule has 0 spiro atoms. The Bertz CT molecular complexity index is 124. The fourth-order valence-electron chi connectivity index (χ4n) is 1.31. The largest absolute Gasteiger partial charge is 0.388 e. The Balaban J connectivity index is 2.61. The molecular formula is C7H14O5. The second kappa shape index (κ2) is 4.15. The van der Waals surface area contributed by atoms with Crippen molar-refractivity contribution in [1.29, 1.82) is 0 Å². The van der Waals surface area contributed by atoms with E-state index in [0.717, 1.165) is 0 Å². The van der Waals surface area contributed by atoms with Gasteiger partial charge in [0.05, 0.1) is 6.61 Å². The Morgan fingerprint density at radius 1 is 1.17 bits per heavy atom. The zero-order chi connectivity index (χ0) is 9.14. The molecule has 12 heavy (non-hydrogen) atoms. The van der Waals surface area contributed by atoms with Gasteiger partial charge in [-0.1, -0.05) is 0 Å². The molecular weight excluding hydrogens is 164 g/mol. The number of aliphatic hydroxyl groups is 2. The van der Waals surface area contributed by atoms with Crippen molar-refractivity contribution in [3.63, 3.8) is 0 Å². The number of ether oxygens (including phenoxy) is 3. The van der Waals surface area contributed by atoms with Crippen molar-refractivity contribution in [1.82, 2.24) is 0 Å². The van der Waals surface area contributed by atoms with E-state index in [2.05, 4.69) is 0 Å². The van der Waals surface area contributed by atoms with Crippen LogP contribution in [0.15, 0.2) is 0 Å². The zero-order valence-corrected chi connectivity index (χ0v) is 7.14. The van der Waals surface area contributed by atoms with Crippen molar-refractivity contribution in [2.75, 3.05) is 20.8 Å². The molecule has 0 aromatic rings. The molecule has 1 heterocycles. The third-order valence-corrected chi connectivity index (χ3v) is 1.97. The van der Waals surface area contributed by atoms with Gasteiger partial charge in [-0.15, -0.1) is 0 Å². The zero-order valence-electron chi connectivity index (χ0n) is 7.14. The van der Waals surface area contributed by atoms with Crippen LogP contribution in [-0.4, -0.2) is 55.6 Å². The normalized spacial score (nSPS) is 43.0. The molecule has 72 valence electrons. The van der Waals surface area contributed by atoms with Crippen LogP contribution in [-0.2, 0) is 14.2 Å². The molecule has 0 aromatic heterocycles. The summed E-state index contributed by atoms with van der Waals surface area (Å²) in [6, 6.07) is 0. The first-order valence-electron chi connectivity index (χ1n) is 3.74. The van der Waals surface area contributed by atoms with Crippen molar-refractivity contribution in [2.45, 2.75) is 24.6 Å². The first-order valence-corrected chi connectivity index (χ1v) is 3.74. The summed E-state index contributed by atoms with van der Waals surface area (Å²) in [7, 11) is 2.89. The van der Waals surface area contributed by atoms with E-state index in [9.17, 15) is 10.2 Å². The molecule has 1 aliphatic heterocycles. The maximum Gasteiger partial charge on any atom is 0.183 e. The third-order valence-electron chi connectivity index (χ3n) is 1.97. The number of aliphatic hydroxyl groups excluding tert-OH is 2. The third kappa shape index (κ3) is 1.75. The van der Waals surface area contributed by atoms with Gasteiger partial charge in [0, 0.05) is 14.2 Å². The lowest BCUT2D eigenvalue weighted by atomic mass is 10.1. The molecule has 0 radical (unpaired) electrons. The van der Waals surface area contributed by atoms with Gasteiger partial charge in [-0.2, -0.15) is 0 Å². The van der Waals surface area contributed by atoms with Crippen molar-refractivity contribution >= 4 is 0 Å². The Kier molecular flexibility index (Phi) is 3.42. The summed E-state index contributed by atoms with van der Waals surface area (Å²) in [6.45, 7) is 0.0690. The molecule has 5 heteroatoms. The van der Waals surface area contributed by atoms with E-state index in [0.29, 0.717) is 0 Å². The van der Waals surface area contributed by atoms with Gasteiger partial charge in [0.2, 0.25) is 0 Å². The van der Waals surface area contributed by atoms with Crippen LogP contribution in [0.25, 0.3) is 0 Å². The first-order chi connectivity index (χ1) is 5.70. The molecule has 1 saturated heterocycles. The molecule has 0 bridgehead atoms. The Hall–Kier alpha value is -0.200. The van der Waals surface area contributed by atoms with Crippen LogP contribution in [0.5, 0.6) is 0 Å². The molecule has 1 aliphatic rings. The van der Waals surface area contributed by atoms with Crippen LogP contribution in [0.4, 0.5) is 0 Å². The van der Waals surface area contributed by atoms with E-state index in [1.807, 2.05) is 0 Å². The average Bonchev–Trinajstić information content (AvgIpc) is 2.08. The highest BCUT2D eigenvalue weighted by Crippen LogP contribution is 2.18. The van der Waals surface area contributed by atoms with Gasteiger partial charge in [0.15, 0.2) is 6.29 Å². The van der Waals surface area contributed by atoms with Crippen molar-refractivity contribution < 1.29 is 24.4 Å². The second-order valence-corrected chi connectivity index (χ2v) is 2.69. The smallest absolute Gasteiger partial charge is 0.183 e. The highest BCUT2D eigenvalue weighted by atomic mass is 16.7. The van der Waals surface area contributed by atoms with E-state index in [4.69, 9.17) is 14.2 Å². The number of hydrogen-bond donors (Lipinski definition) is 2. The molecule has 0 amide bonds. The molecule has 1 rings (SSSR count). The van der Waals surface area contributed by atoms with Crippen LogP contribution in [0.1, 0.15) is 0 Å². The Morgan fingerprint density at radius 3 is 2.17 bits per heavy atom. The van der Waals surface area contributed by atoms with Gasteiger partial charge < -0.3 is 24.4 Å². The lowest BCUT2D eigenvalue weighted by molar-refractivity contribution is -0.264. The van der Waals surface area contributed by atoms with E-state index >= 15 is 0 Å². The summed E-state index contributed by atoms with van der Waals surface area (Å²) in [5.74, 6) is 0. The minimum Gasteiger partial charge on any atom is -0.388 e. The standard InChI is InChI=1S/C7H14O5/c1-10-5-4(8)3-12-7(9)6(5)11-2/h4-9H,3H2,1-2H3/t4-,5-,6+,7?/m1/s1. The lowest BCUT2D eigenvalue weighted by Gasteiger charge is -2.36. The summed E-state index contributed by atoms with van der Waals surface area (Å²) in [5.41, 5.74) is 0. The molecule has 1 fully saturated rings. The maximum absolute atomic E-state index is 9.35.